The molecule has 59 heavy (non-hydrogen) atoms. The van der Waals surface area contributed by atoms with Gasteiger partial charge in [0.25, 0.3) is 0 Å². The van der Waals surface area contributed by atoms with E-state index in [1.165, 1.54) is 19.6 Å². The Kier molecular flexibility index (Phi) is 8.86. The zero-order chi connectivity index (χ0) is 40.6. The standard InChI is InChI=1S/C50H46N2O7/c1-27(53)58-26-38-35-14-15-36-45-33(19-34(54)22-42(45)57-3)25-50-17-16-32(24-50)44-30(18-28-8-5-4-6-9-28)12-13-31-21-43(51)52-39(46(31)44)11-7-10-29-20-40(55)41(56-2)23-37(29)48(38)59-49(35)47(36)50/h4-6,8-9,12-15,19-23,30,32,38,44,48,54-55H,10,16-18,24-26H2,1-3H3,(H2,51,52). The number of nitrogens with two attached hydrogens (primary N) is 1. The van der Waals surface area contributed by atoms with Crippen molar-refractivity contribution >= 4 is 17.9 Å². The molecule has 1 spiro atoms. The molecule has 5 aliphatic rings. The van der Waals surface area contributed by atoms with Crippen LogP contribution in [0, 0.1) is 23.7 Å². The number of nitrogens with zero attached hydrogens (tertiary/aromatic N) is 1. The van der Waals surface area contributed by atoms with Crippen LogP contribution in [0.5, 0.6) is 28.7 Å². The summed E-state index contributed by atoms with van der Waals surface area (Å²) in [5, 5.41) is 22.2. The largest absolute Gasteiger partial charge is 0.508 e. The molecule has 0 saturated heterocycles. The molecule has 4 aromatic carbocycles. The molecule has 4 N–H and O–H groups in total. The van der Waals surface area contributed by atoms with Crippen LogP contribution in [0.2, 0.25) is 0 Å². The molecule has 6 atom stereocenters. The number of carbonyl (C=O) groups is 1. The Hall–Kier alpha value is -6.40. The first-order valence-corrected chi connectivity index (χ1v) is 20.4. The lowest BCUT2D eigenvalue weighted by atomic mass is 9.63. The Morgan fingerprint density at radius 1 is 1.00 bits per heavy atom. The fraction of sp³-hybridized carbons (Fsp3) is 0.320. The van der Waals surface area contributed by atoms with Gasteiger partial charge < -0.3 is 34.9 Å². The number of fused-ring (bicyclic) bond motifs is 7. The highest BCUT2D eigenvalue weighted by Crippen LogP contribution is 2.64. The first-order valence-electron chi connectivity index (χ1n) is 20.4. The molecule has 1 aromatic heterocycles. The lowest BCUT2D eigenvalue weighted by molar-refractivity contribution is -0.141. The first-order chi connectivity index (χ1) is 28.6. The Morgan fingerprint density at radius 3 is 2.63 bits per heavy atom. The van der Waals surface area contributed by atoms with Gasteiger partial charge in [0.1, 0.15) is 41.5 Å². The average Bonchev–Trinajstić information content (AvgIpc) is 3.81. The monoisotopic (exact) mass is 786 g/mol. The van der Waals surface area contributed by atoms with E-state index in [2.05, 4.69) is 66.5 Å². The van der Waals surface area contributed by atoms with Crippen molar-refractivity contribution in [1.82, 2.24) is 4.98 Å². The maximum Gasteiger partial charge on any atom is 0.302 e. The third-order valence-corrected chi connectivity index (χ3v) is 13.5. The van der Waals surface area contributed by atoms with Gasteiger partial charge in [-0.05, 0) is 113 Å². The molecular formula is C50H46N2O7. The molecule has 1 fully saturated rings. The topological polar surface area (TPSA) is 133 Å². The highest BCUT2D eigenvalue weighted by Gasteiger charge is 2.53. The minimum absolute atomic E-state index is 0.00738. The van der Waals surface area contributed by atoms with Crippen LogP contribution in [0.15, 0.2) is 78.9 Å². The second-order valence-electron chi connectivity index (χ2n) is 16.8. The molecular weight excluding hydrogens is 741 g/mol. The molecule has 6 unspecified atom stereocenters. The summed E-state index contributed by atoms with van der Waals surface area (Å²) in [6.07, 6.45) is 8.49. The SMILES string of the molecule is COc1cc2c(cc1O)CC#Cc1nc(N)cc3c1C(C(Cc1ccccc1)C=C3)C1CCC3(Cc4cc(O)cc(OC)c4-c4ccc5c(c43)OC2C5COC(C)=O)C1. The van der Waals surface area contributed by atoms with Gasteiger partial charge in [0.2, 0.25) is 0 Å². The van der Waals surface area contributed by atoms with E-state index in [-0.39, 0.29) is 59.6 Å². The minimum atomic E-state index is -0.591. The van der Waals surface area contributed by atoms with E-state index in [9.17, 15) is 15.0 Å². The summed E-state index contributed by atoms with van der Waals surface area (Å²) >= 11 is 0. The maximum atomic E-state index is 12.4. The number of phenols is 2. The number of anilines is 1. The summed E-state index contributed by atoms with van der Waals surface area (Å²) in [5.41, 5.74) is 16.9. The minimum Gasteiger partial charge on any atom is -0.508 e. The van der Waals surface area contributed by atoms with Crippen molar-refractivity contribution < 1.29 is 34.0 Å². The Labute approximate surface area is 343 Å². The Bertz CT molecular complexity index is 2640. The molecule has 10 rings (SSSR count). The van der Waals surface area contributed by atoms with Crippen LogP contribution < -0.4 is 19.9 Å². The lowest BCUT2D eigenvalue weighted by Gasteiger charge is -2.41. The lowest BCUT2D eigenvalue weighted by Crippen LogP contribution is -2.32. The number of ether oxygens (including phenoxy) is 4. The number of phenolic OH excluding ortho intramolecular Hbond substituents is 2. The van der Waals surface area contributed by atoms with Crippen LogP contribution in [-0.2, 0) is 34.2 Å². The average molecular weight is 787 g/mol. The summed E-state index contributed by atoms with van der Waals surface area (Å²) in [6.45, 7) is 1.52. The number of benzene rings is 4. The van der Waals surface area contributed by atoms with Gasteiger partial charge in [-0.15, -0.1) is 0 Å². The second-order valence-corrected chi connectivity index (χ2v) is 16.8. The van der Waals surface area contributed by atoms with Gasteiger partial charge in [0, 0.05) is 47.1 Å². The van der Waals surface area contributed by atoms with E-state index in [0.717, 1.165) is 81.5 Å². The van der Waals surface area contributed by atoms with E-state index in [4.69, 9.17) is 29.7 Å². The predicted molar refractivity (Wildman–Crippen MR) is 225 cm³/mol. The van der Waals surface area contributed by atoms with Gasteiger partial charge in [-0.25, -0.2) is 4.98 Å². The third kappa shape index (κ3) is 6.07. The number of methoxy groups -OCH3 is 2. The van der Waals surface area contributed by atoms with E-state index < -0.39 is 6.10 Å². The number of rotatable bonds is 6. The summed E-state index contributed by atoms with van der Waals surface area (Å²) in [5.74, 6) is 8.96. The van der Waals surface area contributed by atoms with Crippen molar-refractivity contribution in [2.24, 2.45) is 11.8 Å². The molecule has 1 saturated carbocycles. The number of aromatic nitrogens is 1. The zero-order valence-corrected chi connectivity index (χ0v) is 33.4. The van der Waals surface area contributed by atoms with E-state index in [1.807, 2.05) is 18.2 Å². The molecule has 2 aliphatic heterocycles. The van der Waals surface area contributed by atoms with E-state index in [0.29, 0.717) is 29.4 Å². The van der Waals surface area contributed by atoms with Crippen molar-refractivity contribution in [3.8, 4) is 51.7 Å². The molecule has 0 radical (unpaired) electrons. The summed E-state index contributed by atoms with van der Waals surface area (Å²) in [4.78, 5) is 17.4. The van der Waals surface area contributed by atoms with Crippen LogP contribution in [-0.4, -0.2) is 42.0 Å². The normalized spacial score (nSPS) is 23.9. The highest BCUT2D eigenvalue weighted by molar-refractivity contribution is 5.84. The third-order valence-electron chi connectivity index (χ3n) is 13.5. The van der Waals surface area contributed by atoms with Gasteiger partial charge in [-0.2, -0.15) is 0 Å². The fourth-order valence-corrected chi connectivity index (χ4v) is 11.2. The second kappa shape index (κ2) is 14.2. The predicted octanol–water partition coefficient (Wildman–Crippen LogP) is 8.71. The first kappa shape index (κ1) is 36.9. The number of allylic oxidation sites excluding steroid dienone is 1. The summed E-state index contributed by atoms with van der Waals surface area (Å²) in [6, 6.07) is 24.0. The van der Waals surface area contributed by atoms with Crippen molar-refractivity contribution in [3.63, 3.8) is 0 Å². The number of aromatic hydroxyl groups is 2. The molecule has 9 nitrogen and oxygen atoms in total. The Morgan fingerprint density at radius 2 is 1.83 bits per heavy atom. The van der Waals surface area contributed by atoms with Gasteiger partial charge in [-0.1, -0.05) is 60.5 Å². The van der Waals surface area contributed by atoms with Crippen LogP contribution in [0.1, 0.15) is 94.3 Å². The molecule has 3 aliphatic carbocycles. The summed E-state index contributed by atoms with van der Waals surface area (Å²) < 4.78 is 24.8. The summed E-state index contributed by atoms with van der Waals surface area (Å²) in [7, 11) is 3.17. The number of esters is 1. The van der Waals surface area contributed by atoms with Crippen LogP contribution in [0.3, 0.4) is 0 Å². The number of pyridine rings is 1. The van der Waals surface area contributed by atoms with Crippen LogP contribution >= 0.6 is 0 Å². The van der Waals surface area contributed by atoms with Gasteiger partial charge in [0.05, 0.1) is 20.1 Å². The molecule has 0 amide bonds. The fourth-order valence-electron chi connectivity index (χ4n) is 11.2. The number of hydrogen-bond acceptors (Lipinski definition) is 9. The zero-order valence-electron chi connectivity index (χ0n) is 33.4. The molecule has 4 bridgehead atoms. The maximum absolute atomic E-state index is 12.4. The Balaban J connectivity index is 1.24. The van der Waals surface area contributed by atoms with Gasteiger partial charge >= 0.3 is 5.97 Å². The smallest absolute Gasteiger partial charge is 0.302 e. The van der Waals surface area contributed by atoms with Crippen molar-refractivity contribution in [1.29, 1.82) is 0 Å². The van der Waals surface area contributed by atoms with Crippen LogP contribution in [0.4, 0.5) is 5.82 Å². The molecule has 298 valence electrons. The van der Waals surface area contributed by atoms with Gasteiger partial charge in [0.15, 0.2) is 11.5 Å². The van der Waals surface area contributed by atoms with Crippen molar-refractivity contribution in [3.05, 3.63) is 129 Å². The van der Waals surface area contributed by atoms with Crippen molar-refractivity contribution in [2.45, 2.75) is 68.8 Å². The number of hydrogen-bond donors (Lipinski definition) is 3. The van der Waals surface area contributed by atoms with E-state index >= 15 is 0 Å². The number of nitrogen functional groups attached to an aromatic ring is 1. The quantitative estimate of drug-likeness (QED) is 0.114. The van der Waals surface area contributed by atoms with Crippen molar-refractivity contribution in [2.75, 3.05) is 26.6 Å². The molecule has 3 heterocycles. The molecule has 5 aromatic rings. The van der Waals surface area contributed by atoms with Gasteiger partial charge in [-0.3, -0.25) is 4.79 Å². The number of carbonyl (C=O) groups excluding carboxylic acids is 1. The molecule has 9 heteroatoms. The van der Waals surface area contributed by atoms with E-state index in [1.54, 1.807) is 19.2 Å². The van der Waals surface area contributed by atoms with Crippen LogP contribution in [0.25, 0.3) is 17.2 Å². The highest BCUT2D eigenvalue weighted by atomic mass is 16.5.